The number of hydrogen-bond donors (Lipinski definition) is 7. The molecule has 9 heteroatoms. The molecule has 0 aliphatic carbocycles. The van der Waals surface area contributed by atoms with Crippen molar-refractivity contribution in [3.05, 3.63) is 0 Å². The largest absolute Gasteiger partial charge is 0.394 e. The van der Waals surface area contributed by atoms with Crippen LogP contribution in [0, 0.1) is 0 Å². The maximum atomic E-state index is 11.3. The van der Waals surface area contributed by atoms with Crippen molar-refractivity contribution in [1.29, 1.82) is 0 Å². The van der Waals surface area contributed by atoms with Gasteiger partial charge in [0, 0.05) is 13.0 Å². The number of rotatable bonds is 9. The Labute approximate surface area is 109 Å². The van der Waals surface area contributed by atoms with E-state index in [-0.39, 0.29) is 13.0 Å². The lowest BCUT2D eigenvalue weighted by Crippen LogP contribution is -2.54. The van der Waals surface area contributed by atoms with E-state index in [0.717, 1.165) is 0 Å². The first kappa shape index (κ1) is 17.9. The van der Waals surface area contributed by atoms with Crippen LogP contribution >= 0.6 is 0 Å². The van der Waals surface area contributed by atoms with Crippen LogP contribution < -0.4 is 5.32 Å². The van der Waals surface area contributed by atoms with Gasteiger partial charge in [0.1, 0.15) is 30.7 Å². The summed E-state index contributed by atoms with van der Waals surface area (Å²) in [6, 6.07) is 0. The first-order valence-corrected chi connectivity index (χ1v) is 5.59. The van der Waals surface area contributed by atoms with Gasteiger partial charge in [0.25, 0.3) is 5.91 Å². The molecular formula is C10H19NO8. The Balaban J connectivity index is 4.41. The molecule has 0 aromatic rings. The molecule has 0 aromatic heterocycles. The molecule has 0 aromatic carbocycles. The SMILES string of the molecule is O=CCCNC(=O)[C@H](O)[C@H](O)[C@H](O)[C@@H](O)[C@H](O)CO. The summed E-state index contributed by atoms with van der Waals surface area (Å²) in [5, 5.41) is 57.3. The molecule has 7 N–H and O–H groups in total. The van der Waals surface area contributed by atoms with E-state index in [4.69, 9.17) is 10.2 Å². The molecule has 0 heterocycles. The summed E-state index contributed by atoms with van der Waals surface area (Å²) in [7, 11) is 0. The van der Waals surface area contributed by atoms with Crippen LogP contribution in [0.4, 0.5) is 0 Å². The van der Waals surface area contributed by atoms with Crippen LogP contribution in [-0.4, -0.2) is 86.5 Å². The molecule has 0 rings (SSSR count). The second-order valence-electron chi connectivity index (χ2n) is 3.91. The number of carbonyl (C=O) groups excluding carboxylic acids is 2. The van der Waals surface area contributed by atoms with Crippen molar-refractivity contribution in [2.75, 3.05) is 13.2 Å². The normalized spacial score (nSPS) is 19.1. The molecule has 112 valence electrons. The van der Waals surface area contributed by atoms with E-state index in [1.54, 1.807) is 0 Å². The second kappa shape index (κ2) is 8.91. The first-order chi connectivity index (χ1) is 8.86. The van der Waals surface area contributed by atoms with Gasteiger partial charge in [0.2, 0.25) is 0 Å². The number of aldehydes is 1. The van der Waals surface area contributed by atoms with E-state index in [0.29, 0.717) is 6.29 Å². The highest BCUT2D eigenvalue weighted by Crippen LogP contribution is 2.08. The van der Waals surface area contributed by atoms with Crippen molar-refractivity contribution in [2.45, 2.75) is 36.9 Å². The topological polar surface area (TPSA) is 168 Å². The molecule has 0 saturated carbocycles. The summed E-state index contributed by atoms with van der Waals surface area (Å²) < 4.78 is 0. The predicted molar refractivity (Wildman–Crippen MR) is 60.8 cm³/mol. The van der Waals surface area contributed by atoms with Gasteiger partial charge in [-0.1, -0.05) is 0 Å². The molecule has 0 unspecified atom stereocenters. The highest BCUT2D eigenvalue weighted by atomic mass is 16.4. The highest BCUT2D eigenvalue weighted by molar-refractivity contribution is 5.81. The number of hydrogen-bond acceptors (Lipinski definition) is 8. The fourth-order valence-corrected chi connectivity index (χ4v) is 1.24. The minimum absolute atomic E-state index is 0.0168. The van der Waals surface area contributed by atoms with Crippen molar-refractivity contribution in [3.63, 3.8) is 0 Å². The maximum Gasteiger partial charge on any atom is 0.251 e. The Morgan fingerprint density at radius 3 is 2.11 bits per heavy atom. The molecule has 5 atom stereocenters. The predicted octanol–water partition coefficient (Wildman–Crippen LogP) is -4.51. The third-order valence-corrected chi connectivity index (χ3v) is 2.43. The third kappa shape index (κ3) is 5.59. The monoisotopic (exact) mass is 281 g/mol. The van der Waals surface area contributed by atoms with Gasteiger partial charge in [-0.05, 0) is 0 Å². The summed E-state index contributed by atoms with van der Waals surface area (Å²) in [5.41, 5.74) is 0. The molecule has 1 amide bonds. The zero-order valence-corrected chi connectivity index (χ0v) is 10.1. The third-order valence-electron chi connectivity index (χ3n) is 2.43. The molecule has 19 heavy (non-hydrogen) atoms. The molecule has 0 bridgehead atoms. The van der Waals surface area contributed by atoms with Crippen LogP contribution in [0.15, 0.2) is 0 Å². The Bertz CT molecular complexity index is 287. The van der Waals surface area contributed by atoms with Crippen LogP contribution in [0.25, 0.3) is 0 Å². The van der Waals surface area contributed by atoms with E-state index in [1.807, 2.05) is 0 Å². The molecule has 9 nitrogen and oxygen atoms in total. The lowest BCUT2D eigenvalue weighted by atomic mass is 9.99. The number of carbonyl (C=O) groups is 2. The van der Waals surface area contributed by atoms with Crippen molar-refractivity contribution in [3.8, 4) is 0 Å². The Kier molecular flexibility index (Phi) is 8.39. The average molecular weight is 281 g/mol. The van der Waals surface area contributed by atoms with E-state index < -0.39 is 43.0 Å². The Hall–Kier alpha value is -1.10. The van der Waals surface area contributed by atoms with Crippen LogP contribution in [-0.2, 0) is 9.59 Å². The molecule has 0 aliphatic heterocycles. The fraction of sp³-hybridized carbons (Fsp3) is 0.800. The number of aliphatic hydroxyl groups excluding tert-OH is 6. The van der Waals surface area contributed by atoms with Crippen molar-refractivity contribution >= 4 is 12.2 Å². The second-order valence-corrected chi connectivity index (χ2v) is 3.91. The highest BCUT2D eigenvalue weighted by Gasteiger charge is 2.36. The van der Waals surface area contributed by atoms with Gasteiger partial charge >= 0.3 is 0 Å². The molecule has 0 spiro atoms. The van der Waals surface area contributed by atoms with Gasteiger partial charge in [-0.3, -0.25) is 4.79 Å². The Morgan fingerprint density at radius 2 is 1.63 bits per heavy atom. The van der Waals surface area contributed by atoms with Crippen LogP contribution in [0.3, 0.4) is 0 Å². The minimum atomic E-state index is -2.06. The van der Waals surface area contributed by atoms with Gasteiger partial charge in [-0.2, -0.15) is 0 Å². The standard InChI is InChI=1S/C10H19NO8/c12-3-1-2-11-10(19)9(18)8(17)7(16)6(15)5(14)4-13/h3,5-9,13-18H,1-2,4H2,(H,11,19)/t5-,6+,7-,8-,9-/m1/s1. The quantitative estimate of drug-likeness (QED) is 0.164. The maximum absolute atomic E-state index is 11.3. The van der Waals surface area contributed by atoms with Crippen LogP contribution in [0.5, 0.6) is 0 Å². The average Bonchev–Trinajstić information content (AvgIpc) is 2.43. The van der Waals surface area contributed by atoms with Crippen molar-refractivity contribution in [1.82, 2.24) is 5.32 Å². The van der Waals surface area contributed by atoms with Gasteiger partial charge < -0.3 is 40.8 Å². The lowest BCUT2D eigenvalue weighted by molar-refractivity contribution is -0.156. The van der Waals surface area contributed by atoms with Gasteiger partial charge in [-0.15, -0.1) is 0 Å². The summed E-state index contributed by atoms with van der Waals surface area (Å²) in [6.07, 6.45) is -9.25. The summed E-state index contributed by atoms with van der Waals surface area (Å²) in [4.78, 5) is 21.3. The summed E-state index contributed by atoms with van der Waals surface area (Å²) in [6.45, 7) is -0.920. The fourth-order valence-electron chi connectivity index (χ4n) is 1.24. The first-order valence-electron chi connectivity index (χ1n) is 5.59. The number of amides is 1. The van der Waals surface area contributed by atoms with Crippen LogP contribution in [0.2, 0.25) is 0 Å². The zero-order chi connectivity index (χ0) is 15.0. The smallest absolute Gasteiger partial charge is 0.251 e. The summed E-state index contributed by atoms with van der Waals surface area (Å²) >= 11 is 0. The van der Waals surface area contributed by atoms with Crippen LogP contribution in [0.1, 0.15) is 6.42 Å². The van der Waals surface area contributed by atoms with Crippen molar-refractivity contribution < 1.29 is 40.2 Å². The molecule has 0 aliphatic rings. The molecule has 0 fully saturated rings. The molecule has 0 saturated heterocycles. The van der Waals surface area contributed by atoms with Gasteiger partial charge in [-0.25, -0.2) is 0 Å². The number of aliphatic hydroxyl groups is 6. The summed E-state index contributed by atoms with van der Waals surface area (Å²) in [5.74, 6) is -1.04. The van der Waals surface area contributed by atoms with E-state index in [9.17, 15) is 30.0 Å². The minimum Gasteiger partial charge on any atom is -0.394 e. The van der Waals surface area contributed by atoms with E-state index in [1.165, 1.54) is 0 Å². The van der Waals surface area contributed by atoms with Gasteiger partial charge in [0.05, 0.1) is 6.61 Å². The molecular weight excluding hydrogens is 262 g/mol. The lowest BCUT2D eigenvalue weighted by Gasteiger charge is -2.27. The molecule has 0 radical (unpaired) electrons. The van der Waals surface area contributed by atoms with Crippen molar-refractivity contribution in [2.24, 2.45) is 0 Å². The van der Waals surface area contributed by atoms with E-state index >= 15 is 0 Å². The Morgan fingerprint density at radius 1 is 1.05 bits per heavy atom. The zero-order valence-electron chi connectivity index (χ0n) is 10.1. The number of nitrogens with one attached hydrogen (secondary N) is 1. The van der Waals surface area contributed by atoms with Gasteiger partial charge in [0.15, 0.2) is 6.10 Å². The van der Waals surface area contributed by atoms with E-state index in [2.05, 4.69) is 5.32 Å².